The highest BCUT2D eigenvalue weighted by molar-refractivity contribution is 5.94. The fourth-order valence-electron chi connectivity index (χ4n) is 1.51. The van der Waals surface area contributed by atoms with Crippen molar-refractivity contribution in [1.29, 1.82) is 0 Å². The van der Waals surface area contributed by atoms with E-state index in [2.05, 4.69) is 10.3 Å². The predicted molar refractivity (Wildman–Crippen MR) is 63.0 cm³/mol. The van der Waals surface area contributed by atoms with Crippen LogP contribution in [0.25, 0.3) is 11.0 Å². The number of carbonyl (C=O) groups excluding carboxylic acids is 1. The molecule has 1 atom stereocenters. The van der Waals surface area contributed by atoms with Crippen molar-refractivity contribution in [1.82, 2.24) is 9.55 Å². The van der Waals surface area contributed by atoms with Gasteiger partial charge in [-0.2, -0.15) is 0 Å². The van der Waals surface area contributed by atoms with Gasteiger partial charge in [0.15, 0.2) is 0 Å². The number of benzene rings is 1. The van der Waals surface area contributed by atoms with E-state index in [1.807, 2.05) is 0 Å². The number of rotatable bonds is 2. The average Bonchev–Trinajstić information content (AvgIpc) is 2.55. The molecule has 0 unspecified atom stereocenters. The third kappa shape index (κ3) is 2.12. The normalized spacial score (nSPS) is 12.7. The first kappa shape index (κ1) is 11.5. The van der Waals surface area contributed by atoms with Crippen LogP contribution in [0.1, 0.15) is 6.92 Å². The molecule has 0 fully saturated rings. The summed E-state index contributed by atoms with van der Waals surface area (Å²) in [7, 11) is 1.74. The van der Waals surface area contributed by atoms with Gasteiger partial charge in [0.25, 0.3) is 0 Å². The number of aromatic nitrogens is 2. The SMILES string of the molecule is C[C@@H](N)C(=O)Nc1nc2cc(F)ccc2n1C. The highest BCUT2D eigenvalue weighted by atomic mass is 19.1. The maximum Gasteiger partial charge on any atom is 0.243 e. The molecule has 5 nitrogen and oxygen atoms in total. The second kappa shape index (κ2) is 4.14. The van der Waals surface area contributed by atoms with Crippen molar-refractivity contribution in [2.75, 3.05) is 5.32 Å². The number of anilines is 1. The summed E-state index contributed by atoms with van der Waals surface area (Å²) >= 11 is 0. The number of imidazole rings is 1. The van der Waals surface area contributed by atoms with Crippen molar-refractivity contribution >= 4 is 22.9 Å². The third-order valence-corrected chi connectivity index (χ3v) is 2.49. The van der Waals surface area contributed by atoms with Crippen LogP contribution in [0, 0.1) is 5.82 Å². The Hall–Kier alpha value is -1.95. The van der Waals surface area contributed by atoms with Crippen LogP contribution in [0.5, 0.6) is 0 Å². The molecule has 2 aromatic rings. The van der Waals surface area contributed by atoms with Gasteiger partial charge in [0.1, 0.15) is 5.82 Å². The lowest BCUT2D eigenvalue weighted by molar-refractivity contribution is -0.117. The Morgan fingerprint density at radius 3 is 2.94 bits per heavy atom. The Morgan fingerprint density at radius 1 is 1.59 bits per heavy atom. The van der Waals surface area contributed by atoms with Crippen LogP contribution >= 0.6 is 0 Å². The molecule has 1 aromatic heterocycles. The minimum absolute atomic E-state index is 0.330. The highest BCUT2D eigenvalue weighted by Gasteiger charge is 2.13. The molecule has 3 N–H and O–H groups in total. The molecular weight excluding hydrogens is 223 g/mol. The molecule has 0 aliphatic heterocycles. The van der Waals surface area contributed by atoms with E-state index in [4.69, 9.17) is 5.73 Å². The van der Waals surface area contributed by atoms with E-state index in [1.165, 1.54) is 12.1 Å². The fourth-order valence-corrected chi connectivity index (χ4v) is 1.51. The van der Waals surface area contributed by atoms with Crippen molar-refractivity contribution < 1.29 is 9.18 Å². The summed E-state index contributed by atoms with van der Waals surface area (Å²) in [5.41, 5.74) is 6.68. The molecule has 0 aliphatic rings. The van der Waals surface area contributed by atoms with Gasteiger partial charge in [0, 0.05) is 13.1 Å². The molecule has 0 spiro atoms. The molecule has 90 valence electrons. The standard InChI is InChI=1S/C11H13FN4O/c1-6(13)10(17)15-11-14-8-5-7(12)3-4-9(8)16(11)2/h3-6H,13H2,1-2H3,(H,14,15,17)/t6-/m1/s1. The van der Waals surface area contributed by atoms with Crippen LogP contribution in [-0.2, 0) is 11.8 Å². The average molecular weight is 236 g/mol. The number of halogens is 1. The Morgan fingerprint density at radius 2 is 2.29 bits per heavy atom. The number of aryl methyl sites for hydroxylation is 1. The summed E-state index contributed by atoms with van der Waals surface area (Å²) in [4.78, 5) is 15.6. The molecule has 0 aliphatic carbocycles. The van der Waals surface area contributed by atoms with Crippen molar-refractivity contribution in [3.05, 3.63) is 24.0 Å². The highest BCUT2D eigenvalue weighted by Crippen LogP contribution is 2.19. The molecule has 0 radical (unpaired) electrons. The van der Waals surface area contributed by atoms with Gasteiger partial charge in [0.05, 0.1) is 17.1 Å². The number of nitrogens with zero attached hydrogens (tertiary/aromatic N) is 2. The van der Waals surface area contributed by atoms with Gasteiger partial charge in [-0.05, 0) is 19.1 Å². The molecule has 0 saturated heterocycles. The Kier molecular flexibility index (Phi) is 2.81. The first-order valence-electron chi connectivity index (χ1n) is 5.17. The lowest BCUT2D eigenvalue weighted by Crippen LogP contribution is -2.33. The van der Waals surface area contributed by atoms with E-state index in [-0.39, 0.29) is 11.7 Å². The molecule has 6 heteroatoms. The number of nitrogens with one attached hydrogen (secondary N) is 1. The van der Waals surface area contributed by atoms with Crippen LogP contribution in [0.3, 0.4) is 0 Å². The van der Waals surface area contributed by atoms with Gasteiger partial charge in [-0.25, -0.2) is 9.37 Å². The van der Waals surface area contributed by atoms with Crippen LogP contribution in [0.4, 0.5) is 10.3 Å². The van der Waals surface area contributed by atoms with E-state index < -0.39 is 6.04 Å². The summed E-state index contributed by atoms with van der Waals surface area (Å²) in [5.74, 6) is -0.336. The predicted octanol–water partition coefficient (Wildman–Crippen LogP) is 0.998. The molecular formula is C11H13FN4O. The molecule has 0 bridgehead atoms. The number of hydrogen-bond donors (Lipinski definition) is 2. The van der Waals surface area contributed by atoms with Gasteiger partial charge in [-0.1, -0.05) is 0 Å². The monoisotopic (exact) mass is 236 g/mol. The number of hydrogen-bond acceptors (Lipinski definition) is 3. The molecule has 2 rings (SSSR count). The Labute approximate surface area is 97.4 Å². The van der Waals surface area contributed by atoms with Gasteiger partial charge >= 0.3 is 0 Å². The van der Waals surface area contributed by atoms with Crippen LogP contribution in [-0.4, -0.2) is 21.5 Å². The number of fused-ring (bicyclic) bond motifs is 1. The maximum absolute atomic E-state index is 13.0. The van der Waals surface area contributed by atoms with E-state index in [9.17, 15) is 9.18 Å². The maximum atomic E-state index is 13.0. The summed E-state index contributed by atoms with van der Waals surface area (Å²) in [6, 6.07) is 3.66. The van der Waals surface area contributed by atoms with E-state index in [0.717, 1.165) is 5.52 Å². The second-order valence-electron chi connectivity index (χ2n) is 3.91. The molecule has 1 aromatic carbocycles. The Bertz CT molecular complexity index is 576. The number of carbonyl (C=O) groups is 1. The summed E-state index contributed by atoms with van der Waals surface area (Å²) in [6.45, 7) is 1.58. The number of nitrogens with two attached hydrogens (primary N) is 1. The topological polar surface area (TPSA) is 72.9 Å². The molecule has 1 heterocycles. The lowest BCUT2D eigenvalue weighted by Gasteiger charge is -2.06. The second-order valence-corrected chi connectivity index (χ2v) is 3.91. The van der Waals surface area contributed by atoms with Crippen molar-refractivity contribution in [2.45, 2.75) is 13.0 Å². The molecule has 17 heavy (non-hydrogen) atoms. The van der Waals surface area contributed by atoms with Crippen molar-refractivity contribution in [2.24, 2.45) is 12.8 Å². The zero-order valence-electron chi connectivity index (χ0n) is 9.57. The van der Waals surface area contributed by atoms with Gasteiger partial charge < -0.3 is 10.3 Å². The van der Waals surface area contributed by atoms with Gasteiger partial charge in [-0.15, -0.1) is 0 Å². The van der Waals surface area contributed by atoms with Gasteiger partial charge in [-0.3, -0.25) is 10.1 Å². The quantitative estimate of drug-likeness (QED) is 0.817. The zero-order valence-corrected chi connectivity index (χ0v) is 9.57. The van der Waals surface area contributed by atoms with Crippen LogP contribution in [0.15, 0.2) is 18.2 Å². The summed E-state index contributed by atoms with van der Waals surface area (Å²) < 4.78 is 14.7. The van der Waals surface area contributed by atoms with Crippen molar-refractivity contribution in [3.8, 4) is 0 Å². The minimum Gasteiger partial charge on any atom is -0.320 e. The smallest absolute Gasteiger partial charge is 0.243 e. The van der Waals surface area contributed by atoms with E-state index >= 15 is 0 Å². The lowest BCUT2D eigenvalue weighted by atomic mass is 10.3. The summed E-state index contributed by atoms with van der Waals surface area (Å²) in [5, 5.41) is 2.58. The number of amides is 1. The third-order valence-electron chi connectivity index (χ3n) is 2.49. The largest absolute Gasteiger partial charge is 0.320 e. The van der Waals surface area contributed by atoms with Gasteiger partial charge in [0.2, 0.25) is 11.9 Å². The van der Waals surface area contributed by atoms with Crippen molar-refractivity contribution in [3.63, 3.8) is 0 Å². The molecule has 0 saturated carbocycles. The first-order chi connectivity index (χ1) is 7.99. The zero-order chi connectivity index (χ0) is 12.6. The van der Waals surface area contributed by atoms with E-state index in [1.54, 1.807) is 24.6 Å². The Balaban J connectivity index is 2.42. The minimum atomic E-state index is -0.619. The first-order valence-corrected chi connectivity index (χ1v) is 5.17. The van der Waals surface area contributed by atoms with Crippen LogP contribution < -0.4 is 11.1 Å². The van der Waals surface area contributed by atoms with Crippen LogP contribution in [0.2, 0.25) is 0 Å². The summed E-state index contributed by atoms with van der Waals surface area (Å²) in [6.07, 6.45) is 0. The fraction of sp³-hybridized carbons (Fsp3) is 0.273. The van der Waals surface area contributed by atoms with E-state index in [0.29, 0.717) is 11.5 Å². The molecule has 1 amide bonds.